The van der Waals surface area contributed by atoms with Gasteiger partial charge < -0.3 is 15.5 Å². The van der Waals surface area contributed by atoms with E-state index in [2.05, 4.69) is 5.32 Å². The van der Waals surface area contributed by atoms with Crippen molar-refractivity contribution in [3.05, 3.63) is 29.8 Å². The Morgan fingerprint density at radius 1 is 1.26 bits per heavy atom. The lowest BCUT2D eigenvalue weighted by Crippen LogP contribution is -2.32. The van der Waals surface area contributed by atoms with Gasteiger partial charge in [-0.2, -0.15) is 0 Å². The Morgan fingerprint density at radius 3 is 2.32 bits per heavy atom. The molecule has 1 amide bonds. The highest BCUT2D eigenvalue weighted by molar-refractivity contribution is 5.92. The fourth-order valence-corrected chi connectivity index (χ4v) is 1.98. The van der Waals surface area contributed by atoms with Gasteiger partial charge in [0, 0.05) is 13.1 Å². The SMILES string of the molecule is O=C(CN1CC(O)C(O)C1)Nc1c(F)cccc1F. The third kappa shape index (κ3) is 3.25. The quantitative estimate of drug-likeness (QED) is 0.721. The van der Waals surface area contributed by atoms with Crippen LogP contribution in [0.4, 0.5) is 14.5 Å². The molecule has 2 unspecified atom stereocenters. The molecule has 0 saturated carbocycles. The van der Waals surface area contributed by atoms with Crippen LogP contribution in [0.25, 0.3) is 0 Å². The molecule has 0 radical (unpaired) electrons. The Morgan fingerprint density at radius 2 is 1.79 bits per heavy atom. The fraction of sp³-hybridized carbons (Fsp3) is 0.417. The predicted molar refractivity (Wildman–Crippen MR) is 63.4 cm³/mol. The van der Waals surface area contributed by atoms with Crippen LogP contribution in [-0.4, -0.2) is 52.9 Å². The summed E-state index contributed by atoms with van der Waals surface area (Å²) in [5, 5.41) is 20.8. The molecule has 104 valence electrons. The van der Waals surface area contributed by atoms with E-state index in [-0.39, 0.29) is 19.6 Å². The van der Waals surface area contributed by atoms with Gasteiger partial charge in [-0.25, -0.2) is 8.78 Å². The first-order chi connectivity index (χ1) is 8.97. The summed E-state index contributed by atoms with van der Waals surface area (Å²) in [7, 11) is 0. The largest absolute Gasteiger partial charge is 0.389 e. The number of para-hydroxylation sites is 1. The van der Waals surface area contributed by atoms with Crippen molar-refractivity contribution in [1.82, 2.24) is 4.90 Å². The summed E-state index contributed by atoms with van der Waals surface area (Å²) in [5.41, 5.74) is -0.493. The summed E-state index contributed by atoms with van der Waals surface area (Å²) in [5.74, 6) is -2.31. The second-order valence-corrected chi connectivity index (χ2v) is 4.47. The number of β-amino-alcohol motifs (C(OH)–C–C–N with tert-alkyl or cyclic N) is 2. The molecule has 0 bridgehead atoms. The maximum atomic E-state index is 13.3. The summed E-state index contributed by atoms with van der Waals surface area (Å²) >= 11 is 0. The van der Waals surface area contributed by atoms with Gasteiger partial charge in [-0.05, 0) is 12.1 Å². The first kappa shape index (κ1) is 13.9. The number of carbonyl (C=O) groups excluding carboxylic acids is 1. The number of anilines is 1. The zero-order valence-corrected chi connectivity index (χ0v) is 10.0. The molecule has 1 aromatic carbocycles. The number of halogens is 2. The second kappa shape index (κ2) is 5.60. The zero-order chi connectivity index (χ0) is 14.0. The van der Waals surface area contributed by atoms with E-state index in [1.807, 2.05) is 0 Å². The monoisotopic (exact) mass is 272 g/mol. The molecule has 1 heterocycles. The van der Waals surface area contributed by atoms with Crippen LogP contribution >= 0.6 is 0 Å². The van der Waals surface area contributed by atoms with E-state index in [4.69, 9.17) is 0 Å². The second-order valence-electron chi connectivity index (χ2n) is 4.47. The van der Waals surface area contributed by atoms with E-state index in [0.29, 0.717) is 0 Å². The van der Waals surface area contributed by atoms with Gasteiger partial charge in [0.2, 0.25) is 5.91 Å². The molecule has 1 aromatic rings. The lowest BCUT2D eigenvalue weighted by atomic mass is 10.3. The van der Waals surface area contributed by atoms with Crippen molar-refractivity contribution in [1.29, 1.82) is 0 Å². The summed E-state index contributed by atoms with van der Waals surface area (Å²) in [6.45, 7) is 0.143. The Kier molecular flexibility index (Phi) is 4.08. The van der Waals surface area contributed by atoms with Crippen molar-refractivity contribution < 1.29 is 23.8 Å². The van der Waals surface area contributed by atoms with Crippen LogP contribution in [0.2, 0.25) is 0 Å². The average molecular weight is 272 g/mol. The molecule has 3 N–H and O–H groups in total. The predicted octanol–water partition coefficient (Wildman–Crippen LogP) is -0.0593. The molecule has 1 aliphatic heterocycles. The molecule has 2 rings (SSSR count). The van der Waals surface area contributed by atoms with E-state index in [9.17, 15) is 23.8 Å². The van der Waals surface area contributed by atoms with E-state index in [1.165, 1.54) is 11.0 Å². The Labute approximate surface area is 108 Å². The van der Waals surface area contributed by atoms with Crippen LogP contribution in [0.15, 0.2) is 18.2 Å². The molecule has 1 aliphatic rings. The van der Waals surface area contributed by atoms with Gasteiger partial charge in [0.05, 0.1) is 18.8 Å². The Bertz CT molecular complexity index is 454. The molecular formula is C12H14F2N2O3. The van der Waals surface area contributed by atoms with Crippen LogP contribution in [0.3, 0.4) is 0 Å². The maximum Gasteiger partial charge on any atom is 0.238 e. The van der Waals surface area contributed by atoms with Gasteiger partial charge >= 0.3 is 0 Å². The fourth-order valence-electron chi connectivity index (χ4n) is 1.98. The van der Waals surface area contributed by atoms with E-state index < -0.39 is 35.4 Å². The highest BCUT2D eigenvalue weighted by Gasteiger charge is 2.30. The number of amides is 1. The molecule has 1 saturated heterocycles. The van der Waals surface area contributed by atoms with Crippen molar-refractivity contribution >= 4 is 11.6 Å². The highest BCUT2D eigenvalue weighted by atomic mass is 19.1. The topological polar surface area (TPSA) is 72.8 Å². The van der Waals surface area contributed by atoms with Gasteiger partial charge in [-0.1, -0.05) is 6.07 Å². The van der Waals surface area contributed by atoms with Crippen molar-refractivity contribution in [2.75, 3.05) is 25.0 Å². The van der Waals surface area contributed by atoms with Crippen LogP contribution in [0.1, 0.15) is 0 Å². The molecule has 5 nitrogen and oxygen atoms in total. The lowest BCUT2D eigenvalue weighted by molar-refractivity contribution is -0.117. The molecule has 0 spiro atoms. The molecular weight excluding hydrogens is 258 g/mol. The minimum Gasteiger partial charge on any atom is -0.389 e. The van der Waals surface area contributed by atoms with Crippen molar-refractivity contribution in [2.45, 2.75) is 12.2 Å². The van der Waals surface area contributed by atoms with Crippen molar-refractivity contribution in [3.63, 3.8) is 0 Å². The van der Waals surface area contributed by atoms with Gasteiger partial charge in [0.25, 0.3) is 0 Å². The molecule has 19 heavy (non-hydrogen) atoms. The van der Waals surface area contributed by atoms with Gasteiger partial charge in [0.1, 0.15) is 17.3 Å². The number of benzene rings is 1. The number of hydrogen-bond donors (Lipinski definition) is 3. The van der Waals surface area contributed by atoms with Crippen LogP contribution in [0.5, 0.6) is 0 Å². The summed E-state index contributed by atoms with van der Waals surface area (Å²) in [4.78, 5) is 13.1. The number of aliphatic hydroxyl groups is 2. The Hall–Kier alpha value is -1.57. The van der Waals surface area contributed by atoms with Gasteiger partial charge in [-0.15, -0.1) is 0 Å². The van der Waals surface area contributed by atoms with Crippen molar-refractivity contribution in [2.24, 2.45) is 0 Å². The molecule has 7 heteroatoms. The van der Waals surface area contributed by atoms with Crippen LogP contribution < -0.4 is 5.32 Å². The van der Waals surface area contributed by atoms with Crippen LogP contribution in [-0.2, 0) is 4.79 Å². The minimum absolute atomic E-state index is 0.147. The van der Waals surface area contributed by atoms with Crippen molar-refractivity contribution in [3.8, 4) is 0 Å². The molecule has 2 atom stereocenters. The van der Waals surface area contributed by atoms with E-state index >= 15 is 0 Å². The number of nitrogens with zero attached hydrogens (tertiary/aromatic N) is 1. The smallest absolute Gasteiger partial charge is 0.238 e. The summed E-state index contributed by atoms with van der Waals surface area (Å²) in [6.07, 6.45) is -1.81. The normalized spacial score (nSPS) is 23.6. The zero-order valence-electron chi connectivity index (χ0n) is 10.0. The standard InChI is InChI=1S/C12H14F2N2O3/c13-7-2-1-3-8(14)12(7)15-11(19)6-16-4-9(17)10(18)5-16/h1-3,9-10,17-18H,4-6H2,(H,15,19). The summed E-state index contributed by atoms with van der Waals surface area (Å²) < 4.78 is 26.6. The third-order valence-electron chi connectivity index (χ3n) is 2.93. The van der Waals surface area contributed by atoms with Gasteiger partial charge in [-0.3, -0.25) is 9.69 Å². The first-order valence-corrected chi connectivity index (χ1v) is 5.79. The molecule has 0 aromatic heterocycles. The van der Waals surface area contributed by atoms with E-state index in [1.54, 1.807) is 0 Å². The number of nitrogens with one attached hydrogen (secondary N) is 1. The third-order valence-corrected chi connectivity index (χ3v) is 2.93. The molecule has 1 fully saturated rings. The lowest BCUT2D eigenvalue weighted by Gasteiger charge is -2.14. The highest BCUT2D eigenvalue weighted by Crippen LogP contribution is 2.18. The molecule has 0 aliphatic carbocycles. The number of rotatable bonds is 3. The average Bonchev–Trinajstić information content (AvgIpc) is 2.63. The summed E-state index contributed by atoms with van der Waals surface area (Å²) in [6, 6.07) is 3.29. The number of aliphatic hydroxyl groups excluding tert-OH is 2. The van der Waals surface area contributed by atoms with Crippen LogP contribution in [0, 0.1) is 11.6 Å². The van der Waals surface area contributed by atoms with E-state index in [0.717, 1.165) is 12.1 Å². The minimum atomic E-state index is -0.905. The Balaban J connectivity index is 1.95. The first-order valence-electron chi connectivity index (χ1n) is 5.79. The number of likely N-dealkylation sites (tertiary alicyclic amines) is 1. The maximum absolute atomic E-state index is 13.3. The van der Waals surface area contributed by atoms with Gasteiger partial charge in [0.15, 0.2) is 0 Å². The number of hydrogen-bond acceptors (Lipinski definition) is 4. The number of carbonyl (C=O) groups is 1.